The number of pyridine rings is 1. The first-order valence-corrected chi connectivity index (χ1v) is 6.53. The van der Waals surface area contributed by atoms with Gasteiger partial charge in [-0.05, 0) is 43.1 Å². The van der Waals surface area contributed by atoms with Gasteiger partial charge in [0.05, 0.1) is 12.6 Å². The van der Waals surface area contributed by atoms with Crippen LogP contribution < -0.4 is 15.6 Å². The maximum Gasteiger partial charge on any atom is 0.255 e. The molecule has 0 spiro atoms. The summed E-state index contributed by atoms with van der Waals surface area (Å²) in [5.74, 6) is 0.774. The molecule has 1 N–H and O–H groups in total. The number of fused-ring (bicyclic) bond motifs is 3. The van der Waals surface area contributed by atoms with Crippen LogP contribution >= 0.6 is 0 Å². The van der Waals surface area contributed by atoms with Crippen molar-refractivity contribution < 1.29 is 4.74 Å². The molecule has 0 unspecified atom stereocenters. The number of hydrogen-bond donors (Lipinski definition) is 1. The fourth-order valence-corrected chi connectivity index (χ4v) is 2.97. The van der Waals surface area contributed by atoms with Crippen molar-refractivity contribution in [2.24, 2.45) is 7.05 Å². The van der Waals surface area contributed by atoms with Crippen LogP contribution in [0.15, 0.2) is 16.9 Å². The molecule has 4 nitrogen and oxygen atoms in total. The van der Waals surface area contributed by atoms with E-state index in [2.05, 4.69) is 18.3 Å². The quantitative estimate of drug-likeness (QED) is 0.843. The summed E-state index contributed by atoms with van der Waals surface area (Å²) < 4.78 is 7.17. The Morgan fingerprint density at radius 1 is 1.32 bits per heavy atom. The topological polar surface area (TPSA) is 43.3 Å². The second-order valence-corrected chi connectivity index (χ2v) is 5.11. The molecule has 0 aliphatic carbocycles. The van der Waals surface area contributed by atoms with Crippen LogP contribution in [-0.2, 0) is 20.0 Å². The van der Waals surface area contributed by atoms with E-state index in [-0.39, 0.29) is 5.56 Å². The lowest BCUT2D eigenvalue weighted by Crippen LogP contribution is -2.33. The third-order valence-corrected chi connectivity index (χ3v) is 3.88. The van der Waals surface area contributed by atoms with Crippen LogP contribution in [0.1, 0.15) is 16.7 Å². The standard InChI is InChI=1S/C15H18N2O2/c1-9-6-11-10-4-5-16-8-12(10)15(18)17(2)14(11)13(7-9)19-3/h6-7,16H,4-5,8H2,1-3H3. The van der Waals surface area contributed by atoms with Crippen LogP contribution in [0.2, 0.25) is 0 Å². The van der Waals surface area contributed by atoms with Crippen molar-refractivity contribution in [2.45, 2.75) is 19.9 Å². The average Bonchev–Trinajstić information content (AvgIpc) is 2.43. The van der Waals surface area contributed by atoms with Crippen molar-refractivity contribution in [3.05, 3.63) is 39.2 Å². The smallest absolute Gasteiger partial charge is 0.255 e. The van der Waals surface area contributed by atoms with E-state index in [0.29, 0.717) is 6.54 Å². The van der Waals surface area contributed by atoms with Crippen molar-refractivity contribution in [2.75, 3.05) is 13.7 Å². The zero-order valence-corrected chi connectivity index (χ0v) is 11.5. The zero-order valence-electron chi connectivity index (χ0n) is 11.5. The van der Waals surface area contributed by atoms with E-state index in [9.17, 15) is 4.79 Å². The molecule has 0 saturated carbocycles. The molecule has 1 aromatic carbocycles. The fourth-order valence-electron chi connectivity index (χ4n) is 2.97. The van der Waals surface area contributed by atoms with Crippen LogP contribution in [0.3, 0.4) is 0 Å². The molecule has 1 aromatic heterocycles. The van der Waals surface area contributed by atoms with E-state index in [1.165, 1.54) is 5.56 Å². The summed E-state index contributed by atoms with van der Waals surface area (Å²) in [6, 6.07) is 4.14. The van der Waals surface area contributed by atoms with Crippen LogP contribution in [0.4, 0.5) is 0 Å². The SMILES string of the molecule is COc1cc(C)cc2c3c(c(=O)n(C)c12)CNCC3. The van der Waals surface area contributed by atoms with Crippen LogP contribution in [0.25, 0.3) is 10.9 Å². The van der Waals surface area contributed by atoms with E-state index in [0.717, 1.165) is 40.7 Å². The van der Waals surface area contributed by atoms with Crippen molar-refractivity contribution in [3.8, 4) is 5.75 Å². The lowest BCUT2D eigenvalue weighted by atomic mass is 9.96. The first-order valence-electron chi connectivity index (χ1n) is 6.53. The monoisotopic (exact) mass is 258 g/mol. The third-order valence-electron chi connectivity index (χ3n) is 3.88. The van der Waals surface area contributed by atoms with Gasteiger partial charge >= 0.3 is 0 Å². The second-order valence-electron chi connectivity index (χ2n) is 5.11. The minimum absolute atomic E-state index is 0.0804. The number of nitrogens with zero attached hydrogens (tertiary/aromatic N) is 1. The molecule has 2 aromatic rings. The number of ether oxygens (including phenoxy) is 1. The molecule has 0 atom stereocenters. The number of hydrogen-bond acceptors (Lipinski definition) is 3. The zero-order chi connectivity index (χ0) is 13.6. The lowest BCUT2D eigenvalue weighted by molar-refractivity contribution is 0.417. The number of aromatic nitrogens is 1. The van der Waals surface area contributed by atoms with Gasteiger partial charge in [-0.25, -0.2) is 0 Å². The largest absolute Gasteiger partial charge is 0.495 e. The van der Waals surface area contributed by atoms with E-state index >= 15 is 0 Å². The molecule has 3 rings (SSSR count). The maximum atomic E-state index is 12.4. The molecule has 0 amide bonds. The predicted octanol–water partition coefficient (Wildman–Crippen LogP) is 1.50. The summed E-state index contributed by atoms with van der Waals surface area (Å²) in [4.78, 5) is 12.4. The lowest BCUT2D eigenvalue weighted by Gasteiger charge is -2.21. The molecule has 0 radical (unpaired) electrons. The molecule has 0 saturated heterocycles. The third kappa shape index (κ3) is 1.75. The van der Waals surface area contributed by atoms with E-state index in [4.69, 9.17) is 4.74 Å². The van der Waals surface area contributed by atoms with Gasteiger partial charge in [0, 0.05) is 24.5 Å². The van der Waals surface area contributed by atoms with Gasteiger partial charge in [0.15, 0.2) is 0 Å². The summed E-state index contributed by atoms with van der Waals surface area (Å²) >= 11 is 0. The van der Waals surface area contributed by atoms with Gasteiger partial charge in [0.1, 0.15) is 5.75 Å². The molecule has 4 heteroatoms. The molecule has 0 bridgehead atoms. The Kier molecular flexibility index (Phi) is 2.82. The Labute approximate surface area is 112 Å². The number of rotatable bonds is 1. The highest BCUT2D eigenvalue weighted by molar-refractivity contribution is 5.89. The van der Waals surface area contributed by atoms with E-state index in [1.54, 1.807) is 11.7 Å². The Morgan fingerprint density at radius 3 is 2.84 bits per heavy atom. The van der Waals surface area contributed by atoms with Gasteiger partial charge in [0.25, 0.3) is 5.56 Å². The maximum absolute atomic E-state index is 12.4. The molecule has 0 fully saturated rings. The molecule has 100 valence electrons. The molecule has 19 heavy (non-hydrogen) atoms. The van der Waals surface area contributed by atoms with Crippen LogP contribution in [0, 0.1) is 6.92 Å². The molecular formula is C15H18N2O2. The normalized spacial score (nSPS) is 14.5. The van der Waals surface area contributed by atoms with Crippen molar-refractivity contribution in [1.29, 1.82) is 0 Å². The summed E-state index contributed by atoms with van der Waals surface area (Å²) in [5, 5.41) is 4.42. The first kappa shape index (κ1) is 12.2. The highest BCUT2D eigenvalue weighted by Crippen LogP contribution is 2.30. The molecule has 2 heterocycles. The van der Waals surface area contributed by atoms with Gasteiger partial charge in [-0.15, -0.1) is 0 Å². The van der Waals surface area contributed by atoms with Crippen LogP contribution in [0.5, 0.6) is 5.75 Å². The van der Waals surface area contributed by atoms with E-state index in [1.807, 2.05) is 13.1 Å². The highest BCUT2D eigenvalue weighted by Gasteiger charge is 2.20. The molecule has 1 aliphatic heterocycles. The number of aryl methyl sites for hydroxylation is 2. The number of nitrogens with one attached hydrogen (secondary N) is 1. The second kappa shape index (κ2) is 4.38. The summed E-state index contributed by atoms with van der Waals surface area (Å²) in [5.41, 5.74) is 4.21. The summed E-state index contributed by atoms with van der Waals surface area (Å²) in [7, 11) is 3.47. The fraction of sp³-hybridized carbons (Fsp3) is 0.400. The Bertz CT molecular complexity index is 716. The minimum atomic E-state index is 0.0804. The minimum Gasteiger partial charge on any atom is -0.495 e. The Hall–Kier alpha value is -1.81. The summed E-state index contributed by atoms with van der Waals surface area (Å²) in [6.07, 6.45) is 0.897. The van der Waals surface area contributed by atoms with E-state index < -0.39 is 0 Å². The Balaban J connectivity index is 2.52. The summed E-state index contributed by atoms with van der Waals surface area (Å²) in [6.45, 7) is 3.64. The molecule has 1 aliphatic rings. The number of methoxy groups -OCH3 is 1. The molecular weight excluding hydrogens is 240 g/mol. The first-order chi connectivity index (χ1) is 9.13. The average molecular weight is 258 g/mol. The van der Waals surface area contributed by atoms with Crippen molar-refractivity contribution in [3.63, 3.8) is 0 Å². The van der Waals surface area contributed by atoms with Gasteiger partial charge in [-0.3, -0.25) is 4.79 Å². The van der Waals surface area contributed by atoms with Gasteiger partial charge in [0.2, 0.25) is 0 Å². The predicted molar refractivity (Wildman–Crippen MR) is 75.9 cm³/mol. The highest BCUT2D eigenvalue weighted by atomic mass is 16.5. The van der Waals surface area contributed by atoms with Gasteiger partial charge in [-0.2, -0.15) is 0 Å². The van der Waals surface area contributed by atoms with Crippen molar-refractivity contribution >= 4 is 10.9 Å². The number of benzene rings is 1. The Morgan fingerprint density at radius 2 is 2.11 bits per heavy atom. The van der Waals surface area contributed by atoms with Gasteiger partial charge in [-0.1, -0.05) is 0 Å². The van der Waals surface area contributed by atoms with Crippen molar-refractivity contribution in [1.82, 2.24) is 9.88 Å². The van der Waals surface area contributed by atoms with Gasteiger partial charge < -0.3 is 14.6 Å². The van der Waals surface area contributed by atoms with Crippen LogP contribution in [-0.4, -0.2) is 18.2 Å².